The minimum atomic E-state index is -3.13. The first-order valence-electron chi connectivity index (χ1n) is 14.3. The molecule has 0 amide bonds. The van der Waals surface area contributed by atoms with Crippen LogP contribution >= 0.6 is 0 Å². The molecule has 1 aromatic rings. The molecule has 1 aromatic carbocycles. The van der Waals surface area contributed by atoms with E-state index in [2.05, 4.69) is 68.4 Å². The van der Waals surface area contributed by atoms with Crippen LogP contribution in [0.3, 0.4) is 0 Å². The Labute approximate surface area is 230 Å². The van der Waals surface area contributed by atoms with Crippen LogP contribution in [0.1, 0.15) is 118 Å². The summed E-state index contributed by atoms with van der Waals surface area (Å²) in [4.78, 5) is 0. The van der Waals surface area contributed by atoms with Gasteiger partial charge in [0.1, 0.15) is 0 Å². The predicted octanol–water partition coefficient (Wildman–Crippen LogP) is 11.2. The predicted molar refractivity (Wildman–Crippen MR) is 158 cm³/mol. The molecule has 0 bridgehead atoms. The van der Waals surface area contributed by atoms with Gasteiger partial charge >= 0.3 is 231 Å². The monoisotopic (exact) mass is 630 g/mol. The van der Waals surface area contributed by atoms with Crippen molar-refractivity contribution in [3.63, 3.8) is 0 Å². The maximum absolute atomic E-state index is 16.1. The molecule has 212 valence electrons. The van der Waals surface area contributed by atoms with Gasteiger partial charge in [0.05, 0.1) is 0 Å². The second-order valence-electron chi connectivity index (χ2n) is 12.7. The van der Waals surface area contributed by atoms with Gasteiger partial charge in [-0.15, -0.1) is 0 Å². The van der Waals surface area contributed by atoms with Gasteiger partial charge in [0.15, 0.2) is 0 Å². The van der Waals surface area contributed by atoms with Crippen molar-refractivity contribution in [2.24, 2.45) is 0 Å². The van der Waals surface area contributed by atoms with Crippen LogP contribution < -0.4 is 4.74 Å². The molecule has 0 atom stereocenters. The third kappa shape index (κ3) is 10.3. The summed E-state index contributed by atoms with van der Waals surface area (Å²) in [7, 11) is 0. The molecule has 1 rings (SSSR count). The first-order valence-corrected chi connectivity index (χ1v) is 21.8. The zero-order chi connectivity index (χ0) is 28.4. The Morgan fingerprint density at radius 3 is 1.86 bits per heavy atom. The number of allylic oxidation sites excluding steroid dienone is 3. The van der Waals surface area contributed by atoms with Gasteiger partial charge in [-0.3, -0.25) is 0 Å². The fourth-order valence-corrected chi connectivity index (χ4v) is 19.0. The van der Waals surface area contributed by atoms with Gasteiger partial charge in [-0.1, -0.05) is 0 Å². The van der Waals surface area contributed by atoms with E-state index in [4.69, 9.17) is 4.74 Å². The summed E-state index contributed by atoms with van der Waals surface area (Å²) in [6.07, 6.45) is 6.44. The number of hydrogen-bond acceptors (Lipinski definition) is 1. The van der Waals surface area contributed by atoms with Crippen LogP contribution in [-0.2, 0) is 10.8 Å². The normalized spacial score (nSPS) is 14.0. The van der Waals surface area contributed by atoms with Crippen LogP contribution in [0.25, 0.3) is 5.57 Å². The Balaban J connectivity index is 3.75. The molecule has 0 aliphatic rings. The quantitative estimate of drug-likeness (QED) is 0.147. The van der Waals surface area contributed by atoms with Crippen LogP contribution in [0, 0.1) is 0 Å². The standard InChI is InChI=1S/C21H28F3O.2C4H9.C3H7.Sn/c1-14(9-8-10-22)16-11-15(20(2,3)4)12-17(21(5,6)7)19(16)25-13-18(23)24;2*1-3-4-2;1-3-2;/h8-9,11-12,18H,13H2,1-7H3;2*1,3-4H2,2H3;1,3H2,2H3;/b10-8?,14-9-;;;;. The summed E-state index contributed by atoms with van der Waals surface area (Å²) in [5.41, 5.74) is 3.20. The summed E-state index contributed by atoms with van der Waals surface area (Å²) in [6.45, 7) is 20.5. The van der Waals surface area contributed by atoms with E-state index in [0.717, 1.165) is 67.7 Å². The van der Waals surface area contributed by atoms with Gasteiger partial charge in [-0.2, -0.15) is 0 Å². The third-order valence-electron chi connectivity index (χ3n) is 7.27. The number of benzene rings is 1. The molecule has 5 heteroatoms. The molecule has 0 aromatic heterocycles. The van der Waals surface area contributed by atoms with E-state index < -0.39 is 31.4 Å². The first-order chi connectivity index (χ1) is 17.1. The van der Waals surface area contributed by atoms with Crippen LogP contribution in [0.15, 0.2) is 28.1 Å². The maximum atomic E-state index is 16.1. The van der Waals surface area contributed by atoms with E-state index >= 15 is 4.39 Å². The fraction of sp³-hybridized carbons (Fsp3) is 0.688. The van der Waals surface area contributed by atoms with Crippen LogP contribution in [-0.4, -0.2) is 31.4 Å². The molecule has 0 heterocycles. The molecule has 0 unspecified atom stereocenters. The summed E-state index contributed by atoms with van der Waals surface area (Å²) in [5.74, 6) is 0.489. The van der Waals surface area contributed by atoms with Gasteiger partial charge in [0.25, 0.3) is 0 Å². The van der Waals surface area contributed by atoms with Crippen molar-refractivity contribution in [3.8, 4) is 5.75 Å². The van der Waals surface area contributed by atoms with Crippen molar-refractivity contribution >= 4 is 24.0 Å². The van der Waals surface area contributed by atoms with Crippen molar-refractivity contribution in [2.45, 2.75) is 132 Å². The number of hydrogen-bond donors (Lipinski definition) is 0. The van der Waals surface area contributed by atoms with Crippen LogP contribution in [0.2, 0.25) is 13.3 Å². The van der Waals surface area contributed by atoms with Crippen molar-refractivity contribution in [3.05, 3.63) is 44.8 Å². The van der Waals surface area contributed by atoms with Crippen molar-refractivity contribution in [1.82, 2.24) is 0 Å². The molecule has 0 aliphatic carbocycles. The second kappa shape index (κ2) is 15.0. The van der Waals surface area contributed by atoms with Gasteiger partial charge in [-0.25, -0.2) is 0 Å². The SMILES string of the molecule is CCC[CH2][Sn]([CH2]CC)([CH2]CCC)/[C](F)=C/C=C(/C)c1cc(C(C)(C)C)cc(C(C)(C)C)c1OCC(F)F. The van der Waals surface area contributed by atoms with Crippen molar-refractivity contribution < 1.29 is 17.9 Å². The van der Waals surface area contributed by atoms with Crippen LogP contribution in [0.5, 0.6) is 5.75 Å². The van der Waals surface area contributed by atoms with E-state index in [1.165, 1.54) is 0 Å². The van der Waals surface area contributed by atoms with E-state index in [0.29, 0.717) is 5.75 Å². The number of unbranched alkanes of at least 4 members (excludes halogenated alkanes) is 2. The number of halogens is 3. The molecule has 0 saturated heterocycles. The molecular weight excluding hydrogens is 576 g/mol. The summed E-state index contributed by atoms with van der Waals surface area (Å²) in [5, 5.41) is 0. The third-order valence-corrected chi connectivity index (χ3v) is 22.3. The zero-order valence-electron chi connectivity index (χ0n) is 25.3. The average molecular weight is 629 g/mol. The van der Waals surface area contributed by atoms with Gasteiger partial charge in [0.2, 0.25) is 0 Å². The molecule has 0 aliphatic heterocycles. The van der Waals surface area contributed by atoms with E-state index in [1.807, 2.05) is 19.1 Å². The topological polar surface area (TPSA) is 9.23 Å². The fourth-order valence-electron chi connectivity index (χ4n) is 4.92. The Morgan fingerprint density at radius 2 is 1.43 bits per heavy atom. The Hall–Kier alpha value is -0.911. The Morgan fingerprint density at radius 1 is 0.865 bits per heavy atom. The van der Waals surface area contributed by atoms with Crippen molar-refractivity contribution in [1.29, 1.82) is 0 Å². The Bertz CT molecular complexity index is 896. The Kier molecular flexibility index (Phi) is 13.9. The second-order valence-corrected chi connectivity index (χ2v) is 25.7. The summed E-state index contributed by atoms with van der Waals surface area (Å²) < 4.78 is 51.6. The van der Waals surface area contributed by atoms with E-state index in [9.17, 15) is 8.78 Å². The zero-order valence-corrected chi connectivity index (χ0v) is 28.1. The summed E-state index contributed by atoms with van der Waals surface area (Å²) in [6, 6.07) is 4.14. The van der Waals surface area contributed by atoms with Crippen molar-refractivity contribution in [2.75, 3.05) is 6.61 Å². The number of ether oxygens (including phenoxy) is 1. The first kappa shape index (κ1) is 34.1. The average Bonchev–Trinajstić information content (AvgIpc) is 2.80. The molecule has 1 nitrogen and oxygen atoms in total. The van der Waals surface area contributed by atoms with Gasteiger partial charge in [-0.05, 0) is 0 Å². The molecular formula is C32H53F3OSn. The summed E-state index contributed by atoms with van der Waals surface area (Å²) >= 11 is -3.13. The van der Waals surface area contributed by atoms with E-state index in [1.54, 1.807) is 6.08 Å². The molecule has 0 radical (unpaired) electrons. The van der Waals surface area contributed by atoms with Gasteiger partial charge in [0, 0.05) is 0 Å². The molecule has 0 N–H and O–H groups in total. The van der Waals surface area contributed by atoms with E-state index in [-0.39, 0.29) is 14.7 Å². The van der Waals surface area contributed by atoms with Crippen LogP contribution in [0.4, 0.5) is 13.2 Å². The number of rotatable bonds is 14. The molecule has 0 saturated carbocycles. The molecule has 0 fully saturated rings. The molecule has 0 spiro atoms. The molecule has 37 heavy (non-hydrogen) atoms. The minimum absolute atomic E-state index is 0.135. The van der Waals surface area contributed by atoms with Gasteiger partial charge < -0.3 is 0 Å². The number of alkyl halides is 2.